The second kappa shape index (κ2) is 5.83. The quantitative estimate of drug-likeness (QED) is 0.598. The number of nitrogens with one attached hydrogen (secondary N) is 1. The fraction of sp³-hybridized carbons (Fsp3) is 0.0526. The van der Waals surface area contributed by atoms with Crippen molar-refractivity contribution in [3.63, 3.8) is 0 Å². The van der Waals surface area contributed by atoms with Gasteiger partial charge in [-0.25, -0.2) is 4.98 Å². The number of aromatic hydroxyl groups is 1. The summed E-state index contributed by atoms with van der Waals surface area (Å²) in [4.78, 5) is 19.7. The number of ether oxygens (including phenoxy) is 1. The van der Waals surface area contributed by atoms with Crippen LogP contribution in [0.1, 0.15) is 0 Å². The zero-order chi connectivity index (χ0) is 17.4. The molecule has 6 heteroatoms. The predicted molar refractivity (Wildman–Crippen MR) is 93.7 cm³/mol. The highest BCUT2D eigenvalue weighted by molar-refractivity contribution is 5.90. The van der Waals surface area contributed by atoms with Crippen LogP contribution in [-0.2, 0) is 0 Å². The molecular formula is C19H14N2O4. The van der Waals surface area contributed by atoms with Gasteiger partial charge in [0.2, 0.25) is 5.43 Å². The summed E-state index contributed by atoms with van der Waals surface area (Å²) in [6.45, 7) is 0. The first kappa shape index (κ1) is 15.0. The van der Waals surface area contributed by atoms with Crippen molar-refractivity contribution in [3.05, 3.63) is 65.3 Å². The van der Waals surface area contributed by atoms with Crippen LogP contribution in [0.5, 0.6) is 11.5 Å². The number of aromatic nitrogens is 2. The van der Waals surface area contributed by atoms with Crippen LogP contribution in [0.25, 0.3) is 33.5 Å². The maximum Gasteiger partial charge on any atom is 0.231 e. The summed E-state index contributed by atoms with van der Waals surface area (Å²) in [6, 6.07) is 12.5. The molecule has 4 rings (SSSR count). The van der Waals surface area contributed by atoms with Crippen LogP contribution in [0.15, 0.2) is 64.3 Å². The molecule has 0 amide bonds. The maximum absolute atomic E-state index is 12.7. The van der Waals surface area contributed by atoms with E-state index in [0.29, 0.717) is 33.7 Å². The third-order valence-corrected chi connectivity index (χ3v) is 4.06. The van der Waals surface area contributed by atoms with E-state index < -0.39 is 5.43 Å². The average Bonchev–Trinajstić information content (AvgIpc) is 3.19. The molecule has 0 atom stereocenters. The van der Waals surface area contributed by atoms with Crippen LogP contribution >= 0.6 is 0 Å². The summed E-state index contributed by atoms with van der Waals surface area (Å²) in [5.74, 6) is 0.682. The van der Waals surface area contributed by atoms with Crippen molar-refractivity contribution in [1.82, 2.24) is 9.97 Å². The largest absolute Gasteiger partial charge is 0.503 e. The number of H-pyrrole nitrogens is 1. The molecule has 2 N–H and O–H groups in total. The van der Waals surface area contributed by atoms with Crippen molar-refractivity contribution in [2.24, 2.45) is 0 Å². The number of pyridine rings is 1. The van der Waals surface area contributed by atoms with Crippen LogP contribution < -0.4 is 10.2 Å². The normalized spacial score (nSPS) is 10.9. The lowest BCUT2D eigenvalue weighted by atomic mass is 10.0. The standard InChI is InChI=1S/C19H14N2O4/c1-24-15-8-14-12(7-13(15)16-9-20-10-25-16)18(22)19(23)17(21-14)11-5-3-2-4-6-11/h2-10,23H,1H3,(H,21,22). The molecule has 6 nitrogen and oxygen atoms in total. The van der Waals surface area contributed by atoms with E-state index in [-0.39, 0.29) is 5.75 Å². The first-order chi connectivity index (χ1) is 12.2. The molecular weight excluding hydrogens is 320 g/mol. The van der Waals surface area contributed by atoms with Gasteiger partial charge in [0, 0.05) is 11.6 Å². The molecule has 0 aliphatic rings. The number of oxazole rings is 1. The summed E-state index contributed by atoms with van der Waals surface area (Å²) >= 11 is 0. The van der Waals surface area contributed by atoms with Gasteiger partial charge in [0.25, 0.3) is 0 Å². The van der Waals surface area contributed by atoms with Crippen LogP contribution in [-0.4, -0.2) is 22.2 Å². The number of methoxy groups -OCH3 is 1. The Hall–Kier alpha value is -3.54. The summed E-state index contributed by atoms with van der Waals surface area (Å²) in [5.41, 5.74) is 1.77. The molecule has 2 heterocycles. The molecule has 0 radical (unpaired) electrons. The number of fused-ring (bicyclic) bond motifs is 1. The zero-order valence-corrected chi connectivity index (χ0v) is 13.3. The summed E-state index contributed by atoms with van der Waals surface area (Å²) < 4.78 is 10.7. The van der Waals surface area contributed by atoms with Gasteiger partial charge in [-0.15, -0.1) is 0 Å². The Morgan fingerprint density at radius 3 is 2.68 bits per heavy atom. The van der Waals surface area contributed by atoms with Gasteiger partial charge in [-0.1, -0.05) is 30.3 Å². The molecule has 0 fully saturated rings. The molecule has 2 aromatic carbocycles. The van der Waals surface area contributed by atoms with Gasteiger partial charge in [-0.3, -0.25) is 4.79 Å². The Morgan fingerprint density at radius 2 is 2.00 bits per heavy atom. The highest BCUT2D eigenvalue weighted by Gasteiger charge is 2.17. The number of rotatable bonds is 3. The van der Waals surface area contributed by atoms with E-state index in [0.717, 1.165) is 5.56 Å². The lowest BCUT2D eigenvalue weighted by Crippen LogP contribution is -2.06. The Morgan fingerprint density at radius 1 is 1.20 bits per heavy atom. The first-order valence-electron chi connectivity index (χ1n) is 7.60. The van der Waals surface area contributed by atoms with Gasteiger partial charge in [0.1, 0.15) is 5.75 Å². The third kappa shape index (κ3) is 2.44. The molecule has 0 bridgehead atoms. The summed E-state index contributed by atoms with van der Waals surface area (Å²) in [7, 11) is 1.54. The predicted octanol–water partition coefficient (Wildman–Crippen LogP) is 3.56. The van der Waals surface area contributed by atoms with E-state index in [1.54, 1.807) is 12.1 Å². The van der Waals surface area contributed by atoms with Crippen LogP contribution in [0.2, 0.25) is 0 Å². The Labute approximate surface area is 142 Å². The third-order valence-electron chi connectivity index (χ3n) is 4.06. The molecule has 0 spiro atoms. The summed E-state index contributed by atoms with van der Waals surface area (Å²) in [5, 5.41) is 10.7. The van der Waals surface area contributed by atoms with Crippen molar-refractivity contribution in [2.45, 2.75) is 0 Å². The number of benzene rings is 2. The smallest absolute Gasteiger partial charge is 0.231 e. The van der Waals surface area contributed by atoms with Crippen molar-refractivity contribution in [3.8, 4) is 34.1 Å². The number of nitrogens with zero attached hydrogens (tertiary/aromatic N) is 1. The Kier molecular flexibility index (Phi) is 3.50. The fourth-order valence-corrected chi connectivity index (χ4v) is 2.83. The molecule has 0 unspecified atom stereocenters. The Bertz CT molecular complexity index is 1100. The highest BCUT2D eigenvalue weighted by Crippen LogP contribution is 2.34. The second-order valence-corrected chi connectivity index (χ2v) is 5.51. The molecule has 0 aliphatic carbocycles. The van der Waals surface area contributed by atoms with Gasteiger partial charge in [-0.2, -0.15) is 0 Å². The number of aromatic amines is 1. The number of hydrogen-bond donors (Lipinski definition) is 2. The first-order valence-corrected chi connectivity index (χ1v) is 7.60. The van der Waals surface area contributed by atoms with E-state index in [9.17, 15) is 9.90 Å². The SMILES string of the molecule is COc1cc2[nH]c(-c3ccccc3)c(O)c(=O)c2cc1-c1cnco1. The molecule has 0 saturated heterocycles. The highest BCUT2D eigenvalue weighted by atomic mass is 16.5. The van der Waals surface area contributed by atoms with Crippen LogP contribution in [0.4, 0.5) is 0 Å². The fourth-order valence-electron chi connectivity index (χ4n) is 2.83. The van der Waals surface area contributed by atoms with Crippen molar-refractivity contribution < 1.29 is 14.3 Å². The van der Waals surface area contributed by atoms with E-state index in [1.165, 1.54) is 19.7 Å². The Balaban J connectivity index is 2.02. The van der Waals surface area contributed by atoms with E-state index in [4.69, 9.17) is 9.15 Å². The van der Waals surface area contributed by atoms with Crippen LogP contribution in [0, 0.1) is 0 Å². The van der Waals surface area contributed by atoms with Gasteiger partial charge in [0.15, 0.2) is 17.9 Å². The minimum atomic E-state index is -0.462. The zero-order valence-electron chi connectivity index (χ0n) is 13.3. The lowest BCUT2D eigenvalue weighted by Gasteiger charge is -2.11. The van der Waals surface area contributed by atoms with E-state index in [1.807, 2.05) is 30.3 Å². The van der Waals surface area contributed by atoms with Gasteiger partial charge >= 0.3 is 0 Å². The molecule has 0 saturated carbocycles. The monoisotopic (exact) mass is 334 g/mol. The maximum atomic E-state index is 12.7. The van der Waals surface area contributed by atoms with Crippen molar-refractivity contribution in [1.29, 1.82) is 0 Å². The van der Waals surface area contributed by atoms with Crippen molar-refractivity contribution in [2.75, 3.05) is 7.11 Å². The minimum Gasteiger partial charge on any atom is -0.503 e. The minimum absolute atomic E-state index is 0.326. The van der Waals surface area contributed by atoms with E-state index in [2.05, 4.69) is 9.97 Å². The molecule has 0 aliphatic heterocycles. The molecule has 25 heavy (non-hydrogen) atoms. The van der Waals surface area contributed by atoms with Gasteiger partial charge in [0.05, 0.1) is 35.5 Å². The second-order valence-electron chi connectivity index (χ2n) is 5.51. The van der Waals surface area contributed by atoms with Gasteiger partial charge < -0.3 is 19.2 Å². The summed E-state index contributed by atoms with van der Waals surface area (Å²) in [6.07, 6.45) is 2.84. The number of hydrogen-bond acceptors (Lipinski definition) is 5. The molecule has 4 aromatic rings. The topological polar surface area (TPSA) is 88.4 Å². The van der Waals surface area contributed by atoms with Gasteiger partial charge in [-0.05, 0) is 6.07 Å². The molecule has 2 aromatic heterocycles. The molecule has 124 valence electrons. The van der Waals surface area contributed by atoms with Crippen molar-refractivity contribution >= 4 is 10.9 Å². The van der Waals surface area contributed by atoms with E-state index >= 15 is 0 Å². The van der Waals surface area contributed by atoms with Crippen LogP contribution in [0.3, 0.4) is 0 Å². The average molecular weight is 334 g/mol. The lowest BCUT2D eigenvalue weighted by molar-refractivity contribution is 0.415.